The van der Waals surface area contributed by atoms with Crippen molar-refractivity contribution in [2.45, 2.75) is 51.6 Å². The van der Waals surface area contributed by atoms with Crippen LogP contribution in [0.4, 0.5) is 0 Å². The maximum Gasteiger partial charge on any atom is 0.251 e. The maximum absolute atomic E-state index is 13.7. The molecule has 2 atom stereocenters. The molecular formula is C26H28N2O. The van der Waals surface area contributed by atoms with Gasteiger partial charge in [-0.2, -0.15) is 0 Å². The highest BCUT2D eigenvalue weighted by Gasteiger charge is 2.44. The number of amides is 1. The summed E-state index contributed by atoms with van der Waals surface area (Å²) < 4.78 is 2.28. The van der Waals surface area contributed by atoms with Crippen LogP contribution >= 0.6 is 0 Å². The summed E-state index contributed by atoms with van der Waals surface area (Å²) in [5.74, 6) is 0.244. The van der Waals surface area contributed by atoms with Gasteiger partial charge < -0.3 is 9.47 Å². The van der Waals surface area contributed by atoms with Crippen LogP contribution in [0.15, 0.2) is 65.7 Å². The molecule has 0 fully saturated rings. The lowest BCUT2D eigenvalue weighted by Crippen LogP contribution is -2.33. The molecule has 29 heavy (non-hydrogen) atoms. The summed E-state index contributed by atoms with van der Waals surface area (Å²) in [7, 11) is 2.14. The van der Waals surface area contributed by atoms with Crippen molar-refractivity contribution in [3.05, 3.63) is 82.6 Å². The van der Waals surface area contributed by atoms with E-state index in [4.69, 9.17) is 0 Å². The van der Waals surface area contributed by atoms with Gasteiger partial charge in [0, 0.05) is 34.8 Å². The van der Waals surface area contributed by atoms with Gasteiger partial charge in [0.1, 0.15) is 0 Å². The number of aromatic nitrogens is 1. The number of hydrogen-bond donors (Lipinski definition) is 0. The van der Waals surface area contributed by atoms with Crippen LogP contribution < -0.4 is 0 Å². The molecular weight excluding hydrogens is 356 g/mol. The molecule has 1 aliphatic carbocycles. The lowest BCUT2D eigenvalue weighted by atomic mass is 9.86. The Bertz CT molecular complexity index is 1120. The second kappa shape index (κ2) is 6.91. The van der Waals surface area contributed by atoms with Crippen LogP contribution in [0.1, 0.15) is 61.5 Å². The predicted octanol–water partition coefficient (Wildman–Crippen LogP) is 6.00. The number of rotatable bonds is 3. The van der Waals surface area contributed by atoms with Gasteiger partial charge >= 0.3 is 0 Å². The first kappa shape index (κ1) is 18.2. The molecule has 0 bridgehead atoms. The number of para-hydroxylation sites is 1. The quantitative estimate of drug-likeness (QED) is 0.543. The molecule has 2 heterocycles. The summed E-state index contributed by atoms with van der Waals surface area (Å²) in [6, 6.07) is 19.2. The minimum absolute atomic E-state index is 0.0395. The van der Waals surface area contributed by atoms with Gasteiger partial charge in [-0.25, -0.2) is 0 Å². The Morgan fingerprint density at radius 1 is 0.966 bits per heavy atom. The zero-order valence-corrected chi connectivity index (χ0v) is 17.5. The van der Waals surface area contributed by atoms with Crippen LogP contribution in [0.25, 0.3) is 10.9 Å². The van der Waals surface area contributed by atoms with Crippen molar-refractivity contribution in [2.75, 3.05) is 0 Å². The number of fused-ring (bicyclic) bond motifs is 1. The molecule has 3 aromatic rings. The first-order valence-electron chi connectivity index (χ1n) is 10.7. The van der Waals surface area contributed by atoms with E-state index in [1.165, 1.54) is 39.7 Å². The fourth-order valence-corrected chi connectivity index (χ4v) is 5.42. The summed E-state index contributed by atoms with van der Waals surface area (Å²) in [5, 5.41) is 1.27. The number of carbonyl (C=O) groups excluding carboxylic acids is 1. The minimum atomic E-state index is 0.0395. The smallest absolute Gasteiger partial charge is 0.251 e. The summed E-state index contributed by atoms with van der Waals surface area (Å²) in [4.78, 5) is 15.8. The molecule has 2 aromatic carbocycles. The van der Waals surface area contributed by atoms with E-state index in [0.717, 1.165) is 24.8 Å². The van der Waals surface area contributed by atoms with Gasteiger partial charge in [-0.15, -0.1) is 0 Å². The Hall–Kier alpha value is -2.81. The zero-order valence-electron chi connectivity index (χ0n) is 17.5. The molecule has 0 N–H and O–H groups in total. The Labute approximate surface area is 172 Å². The molecule has 0 saturated heterocycles. The molecule has 0 unspecified atom stereocenters. The lowest BCUT2D eigenvalue weighted by Gasteiger charge is -2.34. The molecule has 0 saturated carbocycles. The number of benzene rings is 2. The van der Waals surface area contributed by atoms with E-state index in [0.29, 0.717) is 0 Å². The van der Waals surface area contributed by atoms with Crippen molar-refractivity contribution in [3.8, 4) is 0 Å². The van der Waals surface area contributed by atoms with E-state index < -0.39 is 0 Å². The summed E-state index contributed by atoms with van der Waals surface area (Å²) in [5.41, 5.74) is 7.45. The first-order valence-corrected chi connectivity index (χ1v) is 10.7. The van der Waals surface area contributed by atoms with E-state index in [9.17, 15) is 4.79 Å². The van der Waals surface area contributed by atoms with Gasteiger partial charge in [0.2, 0.25) is 0 Å². The average molecular weight is 385 g/mol. The normalized spacial score (nSPS) is 20.4. The number of aryl methyl sites for hydroxylation is 1. The predicted molar refractivity (Wildman–Crippen MR) is 118 cm³/mol. The Morgan fingerprint density at radius 2 is 1.66 bits per heavy atom. The van der Waals surface area contributed by atoms with Crippen LogP contribution in [0, 0.1) is 6.92 Å². The minimum Gasteiger partial charge on any atom is -0.348 e. The van der Waals surface area contributed by atoms with Crippen molar-refractivity contribution < 1.29 is 4.79 Å². The monoisotopic (exact) mass is 384 g/mol. The number of hydrogen-bond acceptors (Lipinski definition) is 1. The Balaban J connectivity index is 1.73. The van der Waals surface area contributed by atoms with E-state index in [1.54, 1.807) is 0 Å². The van der Waals surface area contributed by atoms with Gasteiger partial charge in [0.15, 0.2) is 0 Å². The molecule has 148 valence electrons. The zero-order chi connectivity index (χ0) is 20.1. The summed E-state index contributed by atoms with van der Waals surface area (Å²) in [6.45, 7) is 4.38. The van der Waals surface area contributed by atoms with Crippen LogP contribution in [-0.2, 0) is 11.8 Å². The molecule has 2 aliphatic rings. The third-order valence-electron chi connectivity index (χ3n) is 7.03. The van der Waals surface area contributed by atoms with Gasteiger partial charge in [-0.1, -0.05) is 48.5 Å². The van der Waals surface area contributed by atoms with Crippen LogP contribution in [-0.4, -0.2) is 15.4 Å². The van der Waals surface area contributed by atoms with Crippen LogP contribution in [0.2, 0.25) is 0 Å². The highest BCUT2D eigenvalue weighted by Crippen LogP contribution is 2.50. The highest BCUT2D eigenvalue weighted by molar-refractivity contribution is 5.99. The number of nitrogens with zero attached hydrogens (tertiary/aromatic N) is 2. The lowest BCUT2D eigenvalue weighted by molar-refractivity contribution is -0.129. The standard InChI is InChI=1S/C26H28N2O/c1-17(19-11-5-4-6-12-19)28-25(20-13-7-8-14-21(20)26(28)29)24-18(2)27(3)23-16-10-9-15-22(23)24/h4-6,9-12,15-17,25H,7-8,13-14H2,1-3H3/t17-,25+/m0/s1. The van der Waals surface area contributed by atoms with Crippen molar-refractivity contribution in [1.82, 2.24) is 9.47 Å². The van der Waals surface area contributed by atoms with Gasteiger partial charge in [-0.3, -0.25) is 4.79 Å². The molecule has 0 radical (unpaired) electrons. The number of carbonyl (C=O) groups is 1. The van der Waals surface area contributed by atoms with Crippen molar-refractivity contribution in [1.29, 1.82) is 0 Å². The molecule has 1 amide bonds. The van der Waals surface area contributed by atoms with Gasteiger partial charge in [0.25, 0.3) is 5.91 Å². The van der Waals surface area contributed by atoms with Crippen LogP contribution in [0.3, 0.4) is 0 Å². The van der Waals surface area contributed by atoms with Gasteiger partial charge in [0.05, 0.1) is 12.1 Å². The molecule has 3 heteroatoms. The largest absolute Gasteiger partial charge is 0.348 e. The summed E-state index contributed by atoms with van der Waals surface area (Å²) >= 11 is 0. The topological polar surface area (TPSA) is 25.2 Å². The van der Waals surface area contributed by atoms with Crippen molar-refractivity contribution in [3.63, 3.8) is 0 Å². The highest BCUT2D eigenvalue weighted by atomic mass is 16.2. The molecule has 0 spiro atoms. The molecule has 1 aliphatic heterocycles. The fourth-order valence-electron chi connectivity index (χ4n) is 5.42. The van der Waals surface area contributed by atoms with E-state index in [2.05, 4.69) is 78.9 Å². The summed E-state index contributed by atoms with van der Waals surface area (Å²) in [6.07, 6.45) is 4.26. The van der Waals surface area contributed by atoms with E-state index in [1.807, 2.05) is 6.07 Å². The molecule has 3 nitrogen and oxygen atoms in total. The van der Waals surface area contributed by atoms with Crippen LogP contribution in [0.5, 0.6) is 0 Å². The third-order valence-corrected chi connectivity index (χ3v) is 7.03. The Morgan fingerprint density at radius 3 is 2.45 bits per heavy atom. The first-order chi connectivity index (χ1) is 14.1. The van der Waals surface area contributed by atoms with E-state index >= 15 is 0 Å². The van der Waals surface area contributed by atoms with Gasteiger partial charge in [-0.05, 0) is 56.7 Å². The molecule has 1 aromatic heterocycles. The molecule has 5 rings (SSSR count). The Kier molecular flexibility index (Phi) is 4.34. The fraction of sp³-hybridized carbons (Fsp3) is 0.346. The third kappa shape index (κ3) is 2.67. The van der Waals surface area contributed by atoms with E-state index in [-0.39, 0.29) is 18.0 Å². The van der Waals surface area contributed by atoms with Crippen molar-refractivity contribution in [2.24, 2.45) is 7.05 Å². The van der Waals surface area contributed by atoms with Crippen molar-refractivity contribution >= 4 is 16.8 Å². The average Bonchev–Trinajstić information content (AvgIpc) is 3.19. The second-order valence-electron chi connectivity index (χ2n) is 8.49. The second-order valence-corrected chi connectivity index (χ2v) is 8.49. The maximum atomic E-state index is 13.7. The SMILES string of the molecule is Cc1c([C@H]2C3=C(CCCC3)C(=O)N2[C@@H](C)c2ccccc2)c2ccccc2n1C.